The molecule has 2 rings (SSSR count). The first kappa shape index (κ1) is 11.2. The molecule has 0 radical (unpaired) electrons. The van der Waals surface area contributed by atoms with E-state index in [0.717, 1.165) is 0 Å². The number of ether oxygens (including phenoxy) is 1. The average molecular weight is 223 g/mol. The Bertz CT molecular complexity index is 394. The van der Waals surface area contributed by atoms with E-state index in [9.17, 15) is 9.18 Å². The minimum atomic E-state index is -0.464. The second-order valence-electron chi connectivity index (χ2n) is 3.88. The molecule has 1 aliphatic heterocycles. The van der Waals surface area contributed by atoms with Crippen LogP contribution in [0.25, 0.3) is 0 Å². The van der Waals surface area contributed by atoms with Crippen molar-refractivity contribution < 1.29 is 13.9 Å². The van der Waals surface area contributed by atoms with E-state index in [-0.39, 0.29) is 23.3 Å². The number of nitrogens with one attached hydrogen (secondary N) is 1. The number of rotatable bonds is 3. The van der Waals surface area contributed by atoms with E-state index in [1.54, 1.807) is 19.2 Å². The lowest BCUT2D eigenvalue weighted by Gasteiger charge is -2.15. The SMILES string of the molecule is CNC1COCC1C(=O)c1ccccc1F. The van der Waals surface area contributed by atoms with E-state index in [1.165, 1.54) is 12.1 Å². The number of benzene rings is 1. The van der Waals surface area contributed by atoms with Gasteiger partial charge in [-0.3, -0.25) is 4.79 Å². The molecule has 4 heteroatoms. The van der Waals surface area contributed by atoms with Gasteiger partial charge in [0.05, 0.1) is 24.7 Å². The number of ketones is 1. The quantitative estimate of drug-likeness (QED) is 0.783. The predicted octanol–water partition coefficient (Wildman–Crippen LogP) is 1.24. The van der Waals surface area contributed by atoms with E-state index in [4.69, 9.17) is 4.74 Å². The topological polar surface area (TPSA) is 38.3 Å². The highest BCUT2D eigenvalue weighted by molar-refractivity contribution is 5.98. The summed E-state index contributed by atoms with van der Waals surface area (Å²) in [5, 5.41) is 3.02. The van der Waals surface area contributed by atoms with Crippen LogP contribution in [-0.4, -0.2) is 32.1 Å². The van der Waals surface area contributed by atoms with Crippen molar-refractivity contribution in [2.24, 2.45) is 5.92 Å². The number of hydrogen-bond donors (Lipinski definition) is 1. The summed E-state index contributed by atoms with van der Waals surface area (Å²) in [7, 11) is 1.78. The molecule has 0 bridgehead atoms. The van der Waals surface area contributed by atoms with Crippen LogP contribution in [0.1, 0.15) is 10.4 Å². The highest BCUT2D eigenvalue weighted by Crippen LogP contribution is 2.20. The maximum atomic E-state index is 13.4. The molecule has 1 aromatic rings. The zero-order chi connectivity index (χ0) is 11.5. The minimum Gasteiger partial charge on any atom is -0.379 e. The van der Waals surface area contributed by atoms with Gasteiger partial charge in [-0.1, -0.05) is 12.1 Å². The van der Waals surface area contributed by atoms with Crippen LogP contribution in [0, 0.1) is 11.7 Å². The summed E-state index contributed by atoms with van der Waals surface area (Å²) in [5.41, 5.74) is 0.151. The van der Waals surface area contributed by atoms with Gasteiger partial charge in [0.15, 0.2) is 5.78 Å². The van der Waals surface area contributed by atoms with E-state index >= 15 is 0 Å². The van der Waals surface area contributed by atoms with Crippen molar-refractivity contribution in [3.05, 3.63) is 35.6 Å². The lowest BCUT2D eigenvalue weighted by molar-refractivity contribution is 0.0888. The lowest BCUT2D eigenvalue weighted by atomic mass is 9.93. The van der Waals surface area contributed by atoms with Crippen LogP contribution < -0.4 is 5.32 Å². The molecule has 1 fully saturated rings. The number of carbonyl (C=O) groups excluding carboxylic acids is 1. The predicted molar refractivity (Wildman–Crippen MR) is 57.9 cm³/mol. The van der Waals surface area contributed by atoms with Crippen molar-refractivity contribution in [2.45, 2.75) is 6.04 Å². The van der Waals surface area contributed by atoms with Gasteiger partial charge in [0.2, 0.25) is 0 Å². The van der Waals surface area contributed by atoms with E-state index in [0.29, 0.717) is 13.2 Å². The summed E-state index contributed by atoms with van der Waals surface area (Å²) < 4.78 is 18.7. The Labute approximate surface area is 93.6 Å². The van der Waals surface area contributed by atoms with Crippen molar-refractivity contribution in [3.63, 3.8) is 0 Å². The third-order valence-corrected chi connectivity index (χ3v) is 2.93. The normalized spacial score (nSPS) is 24.6. The molecule has 1 N–H and O–H groups in total. The summed E-state index contributed by atoms with van der Waals surface area (Å²) in [6.45, 7) is 0.861. The molecule has 0 spiro atoms. The maximum Gasteiger partial charge on any atom is 0.172 e. The van der Waals surface area contributed by atoms with Gasteiger partial charge >= 0.3 is 0 Å². The molecule has 1 heterocycles. The third kappa shape index (κ3) is 1.99. The standard InChI is InChI=1S/C12H14FNO2/c1-14-11-7-16-6-9(11)12(15)8-4-2-3-5-10(8)13/h2-5,9,11,14H,6-7H2,1H3. The number of hydrogen-bond acceptors (Lipinski definition) is 3. The molecule has 0 saturated carbocycles. The summed E-state index contributed by atoms with van der Waals surface area (Å²) in [6.07, 6.45) is 0. The van der Waals surface area contributed by atoms with Gasteiger partial charge in [0.25, 0.3) is 0 Å². The number of halogens is 1. The van der Waals surface area contributed by atoms with Crippen molar-refractivity contribution in [1.29, 1.82) is 0 Å². The Morgan fingerprint density at radius 1 is 1.44 bits per heavy atom. The van der Waals surface area contributed by atoms with Crippen LogP contribution >= 0.6 is 0 Å². The summed E-state index contributed by atoms with van der Waals surface area (Å²) >= 11 is 0. The Morgan fingerprint density at radius 3 is 2.88 bits per heavy atom. The molecule has 3 nitrogen and oxygen atoms in total. The van der Waals surface area contributed by atoms with Crippen LogP contribution in [0.15, 0.2) is 24.3 Å². The van der Waals surface area contributed by atoms with E-state index < -0.39 is 5.82 Å². The first-order valence-corrected chi connectivity index (χ1v) is 5.27. The summed E-state index contributed by atoms with van der Waals surface area (Å²) in [6, 6.07) is 6.04. The molecule has 1 aliphatic rings. The van der Waals surface area contributed by atoms with Crippen LogP contribution in [0.3, 0.4) is 0 Å². The van der Waals surface area contributed by atoms with Crippen molar-refractivity contribution >= 4 is 5.78 Å². The Kier molecular flexibility index (Phi) is 3.31. The van der Waals surface area contributed by atoms with Gasteiger partial charge in [-0.25, -0.2) is 4.39 Å². The average Bonchev–Trinajstić information content (AvgIpc) is 2.77. The van der Waals surface area contributed by atoms with Crippen LogP contribution in [0.5, 0.6) is 0 Å². The van der Waals surface area contributed by atoms with Crippen LogP contribution in [0.4, 0.5) is 4.39 Å². The molecular weight excluding hydrogens is 209 g/mol. The van der Waals surface area contributed by atoms with Gasteiger partial charge < -0.3 is 10.1 Å². The molecule has 1 saturated heterocycles. The molecular formula is C12H14FNO2. The van der Waals surface area contributed by atoms with E-state index in [1.807, 2.05) is 0 Å². The van der Waals surface area contributed by atoms with Gasteiger partial charge in [0.1, 0.15) is 5.82 Å². The van der Waals surface area contributed by atoms with Gasteiger partial charge in [-0.05, 0) is 19.2 Å². The summed E-state index contributed by atoms with van der Waals surface area (Å²) in [5.74, 6) is -0.939. The number of carbonyl (C=O) groups is 1. The van der Waals surface area contributed by atoms with Crippen molar-refractivity contribution in [1.82, 2.24) is 5.32 Å². The molecule has 0 aromatic heterocycles. The molecule has 16 heavy (non-hydrogen) atoms. The Hall–Kier alpha value is -1.26. The Morgan fingerprint density at radius 2 is 2.19 bits per heavy atom. The zero-order valence-corrected chi connectivity index (χ0v) is 9.07. The highest BCUT2D eigenvalue weighted by atomic mass is 19.1. The van der Waals surface area contributed by atoms with Crippen molar-refractivity contribution in [2.75, 3.05) is 20.3 Å². The molecule has 1 aromatic carbocycles. The maximum absolute atomic E-state index is 13.4. The monoisotopic (exact) mass is 223 g/mol. The van der Waals surface area contributed by atoms with Gasteiger partial charge in [0, 0.05) is 6.04 Å². The fourth-order valence-corrected chi connectivity index (χ4v) is 1.96. The Balaban J connectivity index is 2.22. The minimum absolute atomic E-state index is 0.0212. The van der Waals surface area contributed by atoms with Crippen molar-refractivity contribution in [3.8, 4) is 0 Å². The van der Waals surface area contributed by atoms with Crippen LogP contribution in [-0.2, 0) is 4.74 Å². The first-order valence-electron chi connectivity index (χ1n) is 5.27. The molecule has 86 valence electrons. The van der Waals surface area contributed by atoms with Gasteiger partial charge in [-0.15, -0.1) is 0 Å². The molecule has 0 amide bonds. The van der Waals surface area contributed by atoms with Gasteiger partial charge in [-0.2, -0.15) is 0 Å². The zero-order valence-electron chi connectivity index (χ0n) is 9.07. The van der Waals surface area contributed by atoms with Crippen LogP contribution in [0.2, 0.25) is 0 Å². The van der Waals surface area contributed by atoms with E-state index in [2.05, 4.69) is 5.32 Å². The summed E-state index contributed by atoms with van der Waals surface area (Å²) in [4.78, 5) is 12.1. The fraction of sp³-hybridized carbons (Fsp3) is 0.417. The molecule has 2 atom stereocenters. The fourth-order valence-electron chi connectivity index (χ4n) is 1.96. The third-order valence-electron chi connectivity index (χ3n) is 2.93. The highest BCUT2D eigenvalue weighted by Gasteiger charge is 2.34. The lowest BCUT2D eigenvalue weighted by Crippen LogP contribution is -2.37. The second kappa shape index (κ2) is 4.72. The number of likely N-dealkylation sites (N-methyl/N-ethyl adjacent to an activating group) is 1. The first-order chi connectivity index (χ1) is 7.74. The second-order valence-corrected chi connectivity index (χ2v) is 3.88. The largest absolute Gasteiger partial charge is 0.379 e. The number of Topliss-reactive ketones (excluding diaryl/α,β-unsaturated/α-hetero) is 1. The molecule has 2 unspecified atom stereocenters. The molecule has 0 aliphatic carbocycles. The smallest absolute Gasteiger partial charge is 0.172 e.